The molecule has 0 nitrogen and oxygen atoms in total. The Hall–Kier alpha value is -0.910. The topological polar surface area (TPSA) is 0 Å². The quantitative estimate of drug-likeness (QED) is 0.656. The first kappa shape index (κ1) is 12.2. The number of alkyl halides is 5. The Morgan fingerprint density at radius 1 is 1.00 bits per heavy atom. The maximum atomic E-state index is 12.7. The van der Waals surface area contributed by atoms with E-state index >= 15 is 0 Å². The molecule has 84 valence electrons. The zero-order valence-corrected chi connectivity index (χ0v) is 7.63. The molecule has 1 rings (SSSR count). The lowest BCUT2D eigenvalue weighted by molar-refractivity contribution is -0.289. The summed E-state index contributed by atoms with van der Waals surface area (Å²) >= 11 is 5.09. The van der Waals surface area contributed by atoms with Gasteiger partial charge in [-0.3, -0.25) is 0 Å². The minimum Gasteiger partial charge on any atom is -0.205 e. The van der Waals surface area contributed by atoms with Crippen LogP contribution >= 0.6 is 11.6 Å². The van der Waals surface area contributed by atoms with Gasteiger partial charge in [-0.15, -0.1) is 0 Å². The molecule has 0 aliphatic heterocycles. The molecule has 0 unspecified atom stereocenters. The van der Waals surface area contributed by atoms with E-state index in [2.05, 4.69) is 0 Å². The standard InChI is InChI=1S/C8H3ClF6/c9-5-3-4(1-2-6(5)10)7(11,12)8(13,14)15/h1-3H. The maximum absolute atomic E-state index is 12.7. The summed E-state index contributed by atoms with van der Waals surface area (Å²) < 4.78 is 73.5. The lowest BCUT2D eigenvalue weighted by Gasteiger charge is -2.19. The van der Waals surface area contributed by atoms with Crippen molar-refractivity contribution in [2.45, 2.75) is 12.1 Å². The first-order valence-corrected chi connectivity index (χ1v) is 3.94. The first-order valence-electron chi connectivity index (χ1n) is 3.56. The van der Waals surface area contributed by atoms with Crippen LogP contribution in [-0.2, 0) is 5.92 Å². The monoisotopic (exact) mass is 248 g/mol. The molecule has 1 aromatic carbocycles. The summed E-state index contributed by atoms with van der Waals surface area (Å²) in [6.45, 7) is 0. The van der Waals surface area contributed by atoms with Gasteiger partial charge in [-0.25, -0.2) is 4.39 Å². The average Bonchev–Trinajstić information content (AvgIpc) is 2.07. The van der Waals surface area contributed by atoms with Gasteiger partial charge in [-0.2, -0.15) is 22.0 Å². The summed E-state index contributed by atoms with van der Waals surface area (Å²) in [6, 6.07) is 1.05. The molecule has 0 radical (unpaired) electrons. The average molecular weight is 249 g/mol. The van der Waals surface area contributed by atoms with E-state index in [9.17, 15) is 26.3 Å². The van der Waals surface area contributed by atoms with Gasteiger partial charge < -0.3 is 0 Å². The minimum absolute atomic E-state index is 0.254. The van der Waals surface area contributed by atoms with Gasteiger partial charge >= 0.3 is 12.1 Å². The fourth-order valence-corrected chi connectivity index (χ4v) is 1.04. The summed E-state index contributed by atoms with van der Waals surface area (Å²) in [4.78, 5) is 0. The molecule has 0 heterocycles. The molecule has 0 aliphatic carbocycles. The fraction of sp³-hybridized carbons (Fsp3) is 0.250. The van der Waals surface area contributed by atoms with E-state index < -0.39 is 28.5 Å². The molecule has 0 spiro atoms. The van der Waals surface area contributed by atoms with Crippen molar-refractivity contribution in [2.75, 3.05) is 0 Å². The van der Waals surface area contributed by atoms with Crippen LogP contribution in [0, 0.1) is 5.82 Å². The van der Waals surface area contributed by atoms with E-state index in [1.807, 2.05) is 0 Å². The normalized spacial score (nSPS) is 13.0. The summed E-state index contributed by atoms with van der Waals surface area (Å²) in [5, 5.41) is -0.781. The third-order valence-electron chi connectivity index (χ3n) is 1.64. The molecule has 1 aromatic rings. The number of halogens is 7. The molecular formula is C8H3ClF6. The predicted molar refractivity (Wildman–Crippen MR) is 41.4 cm³/mol. The van der Waals surface area contributed by atoms with E-state index in [0.717, 1.165) is 0 Å². The van der Waals surface area contributed by atoms with Crippen LogP contribution in [0.2, 0.25) is 5.02 Å². The van der Waals surface area contributed by atoms with Crippen LogP contribution in [0.25, 0.3) is 0 Å². The van der Waals surface area contributed by atoms with Crippen molar-refractivity contribution in [3.8, 4) is 0 Å². The van der Waals surface area contributed by atoms with Gasteiger partial charge in [-0.1, -0.05) is 11.6 Å². The highest BCUT2D eigenvalue weighted by molar-refractivity contribution is 6.30. The maximum Gasteiger partial charge on any atom is 0.458 e. The molecule has 0 aliphatic rings. The highest BCUT2D eigenvalue weighted by Crippen LogP contribution is 2.44. The first-order chi connectivity index (χ1) is 6.66. The van der Waals surface area contributed by atoms with Gasteiger partial charge in [0.25, 0.3) is 0 Å². The molecule has 0 fully saturated rings. The van der Waals surface area contributed by atoms with Crippen LogP contribution in [-0.4, -0.2) is 6.18 Å². The SMILES string of the molecule is Fc1ccc(C(F)(F)C(F)(F)F)cc1Cl. The van der Waals surface area contributed by atoms with Crippen molar-refractivity contribution in [1.82, 2.24) is 0 Å². The van der Waals surface area contributed by atoms with Gasteiger partial charge in [0.1, 0.15) is 5.82 Å². The van der Waals surface area contributed by atoms with Crippen LogP contribution < -0.4 is 0 Å². The molecule has 0 bridgehead atoms. The lowest BCUT2D eigenvalue weighted by Crippen LogP contribution is -2.33. The molecule has 15 heavy (non-hydrogen) atoms. The van der Waals surface area contributed by atoms with Crippen molar-refractivity contribution >= 4 is 11.6 Å². The number of benzene rings is 1. The number of hydrogen-bond acceptors (Lipinski definition) is 0. The van der Waals surface area contributed by atoms with E-state index in [4.69, 9.17) is 11.6 Å². The molecule has 0 N–H and O–H groups in total. The van der Waals surface area contributed by atoms with Gasteiger partial charge in [0.2, 0.25) is 0 Å². The molecule has 0 saturated heterocycles. The van der Waals surface area contributed by atoms with Crippen molar-refractivity contribution in [1.29, 1.82) is 0 Å². The van der Waals surface area contributed by atoms with Gasteiger partial charge in [0.05, 0.1) is 5.02 Å². The van der Waals surface area contributed by atoms with Crippen LogP contribution in [0.1, 0.15) is 5.56 Å². The minimum atomic E-state index is -5.73. The number of hydrogen-bond donors (Lipinski definition) is 0. The Morgan fingerprint density at radius 2 is 1.53 bits per heavy atom. The highest BCUT2D eigenvalue weighted by Gasteiger charge is 2.58. The van der Waals surface area contributed by atoms with E-state index in [0.29, 0.717) is 12.1 Å². The van der Waals surface area contributed by atoms with Crippen LogP contribution in [0.4, 0.5) is 26.3 Å². The second kappa shape index (κ2) is 3.59. The fourth-order valence-electron chi connectivity index (χ4n) is 0.855. The van der Waals surface area contributed by atoms with E-state index in [-0.39, 0.29) is 6.07 Å². The van der Waals surface area contributed by atoms with E-state index in [1.54, 1.807) is 0 Å². The molecule has 0 atom stereocenters. The Labute approximate surface area is 85.5 Å². The summed E-state index contributed by atoms with van der Waals surface area (Å²) in [5.74, 6) is -6.09. The van der Waals surface area contributed by atoms with E-state index in [1.165, 1.54) is 0 Å². The second-order valence-electron chi connectivity index (χ2n) is 2.70. The summed E-state index contributed by atoms with van der Waals surface area (Å²) in [7, 11) is 0. The Kier molecular flexibility index (Phi) is 2.91. The molecule has 7 heteroatoms. The van der Waals surface area contributed by atoms with Crippen LogP contribution in [0.3, 0.4) is 0 Å². The summed E-state index contributed by atoms with van der Waals surface area (Å²) in [6.07, 6.45) is -5.73. The molecule has 0 aromatic heterocycles. The van der Waals surface area contributed by atoms with Crippen molar-refractivity contribution < 1.29 is 26.3 Å². The van der Waals surface area contributed by atoms with Gasteiger partial charge in [0.15, 0.2) is 0 Å². The largest absolute Gasteiger partial charge is 0.458 e. The van der Waals surface area contributed by atoms with Crippen molar-refractivity contribution in [3.05, 3.63) is 34.6 Å². The van der Waals surface area contributed by atoms with Crippen molar-refractivity contribution in [3.63, 3.8) is 0 Å². The predicted octanol–water partition coefficient (Wildman–Crippen LogP) is 4.13. The van der Waals surface area contributed by atoms with Gasteiger partial charge in [-0.05, 0) is 18.2 Å². The molecular weight excluding hydrogens is 246 g/mol. The smallest absolute Gasteiger partial charge is 0.205 e. The third kappa shape index (κ3) is 2.19. The number of rotatable bonds is 1. The zero-order valence-electron chi connectivity index (χ0n) is 6.88. The van der Waals surface area contributed by atoms with Gasteiger partial charge in [0, 0.05) is 5.56 Å². The van der Waals surface area contributed by atoms with Crippen molar-refractivity contribution in [2.24, 2.45) is 0 Å². The zero-order chi connectivity index (χ0) is 11.9. The van der Waals surface area contributed by atoms with Crippen LogP contribution in [0.5, 0.6) is 0 Å². The molecule has 0 saturated carbocycles. The van der Waals surface area contributed by atoms with Crippen LogP contribution in [0.15, 0.2) is 18.2 Å². The molecule has 0 amide bonds. The summed E-state index contributed by atoms with van der Waals surface area (Å²) in [5.41, 5.74) is -1.39. The third-order valence-corrected chi connectivity index (χ3v) is 1.93. The second-order valence-corrected chi connectivity index (χ2v) is 3.11. The Balaban J connectivity index is 3.22. The highest BCUT2D eigenvalue weighted by atomic mass is 35.5. The lowest BCUT2D eigenvalue weighted by atomic mass is 10.1. The Morgan fingerprint density at radius 3 is 1.93 bits per heavy atom. The Bertz CT molecular complexity index is 370.